The fraction of sp³-hybridized carbons (Fsp3) is 0.688. The predicted molar refractivity (Wildman–Crippen MR) is 84.4 cm³/mol. The summed E-state index contributed by atoms with van der Waals surface area (Å²) in [6, 6.07) is 2.89. The van der Waals surface area contributed by atoms with Gasteiger partial charge in [-0.05, 0) is 44.8 Å². The third-order valence-corrected chi connectivity index (χ3v) is 4.46. The molecule has 0 bridgehead atoms. The summed E-state index contributed by atoms with van der Waals surface area (Å²) in [6.45, 7) is 6.19. The molecule has 2 heterocycles. The van der Waals surface area contributed by atoms with E-state index in [0.717, 1.165) is 43.0 Å². The largest absolute Gasteiger partial charge is 0.356 e. The molecule has 21 heavy (non-hydrogen) atoms. The Labute approximate surface area is 127 Å². The molecule has 1 saturated heterocycles. The molecular weight excluding hydrogens is 262 g/mol. The van der Waals surface area contributed by atoms with Crippen LogP contribution in [0.4, 0.5) is 5.82 Å². The fourth-order valence-electron chi connectivity index (χ4n) is 3.16. The minimum absolute atomic E-state index is 0.541. The summed E-state index contributed by atoms with van der Waals surface area (Å²) in [7, 11) is 4.18. The van der Waals surface area contributed by atoms with Crippen molar-refractivity contribution in [1.82, 2.24) is 15.1 Å². The zero-order valence-corrected chi connectivity index (χ0v) is 13.6. The van der Waals surface area contributed by atoms with Gasteiger partial charge in [-0.25, -0.2) is 0 Å². The van der Waals surface area contributed by atoms with Gasteiger partial charge in [0.15, 0.2) is 5.82 Å². The van der Waals surface area contributed by atoms with E-state index >= 15 is 0 Å². The summed E-state index contributed by atoms with van der Waals surface area (Å²) in [4.78, 5) is 4.48. The van der Waals surface area contributed by atoms with Crippen LogP contribution < -0.4 is 4.90 Å². The molecule has 0 amide bonds. The van der Waals surface area contributed by atoms with Gasteiger partial charge in [0.25, 0.3) is 0 Å². The Kier molecular flexibility index (Phi) is 5.13. The van der Waals surface area contributed by atoms with Gasteiger partial charge in [0.05, 0.1) is 5.69 Å². The van der Waals surface area contributed by atoms with Gasteiger partial charge >= 0.3 is 0 Å². The number of rotatable bonds is 5. The van der Waals surface area contributed by atoms with Gasteiger partial charge < -0.3 is 9.80 Å². The molecule has 1 atom stereocenters. The van der Waals surface area contributed by atoms with Crippen molar-refractivity contribution >= 4 is 5.82 Å². The summed E-state index contributed by atoms with van der Waals surface area (Å²) >= 11 is 0. The first-order valence-electron chi connectivity index (χ1n) is 7.82. The number of aryl methyl sites for hydroxylation is 1. The monoisotopic (exact) mass is 287 g/mol. The highest BCUT2D eigenvalue weighted by Crippen LogP contribution is 2.24. The maximum Gasteiger partial charge on any atom is 0.169 e. The molecule has 0 aromatic carbocycles. The van der Waals surface area contributed by atoms with E-state index in [1.54, 1.807) is 0 Å². The molecule has 5 heteroatoms. The average Bonchev–Trinajstić information content (AvgIpc) is 2.90. The molecule has 0 saturated carbocycles. The normalized spacial score (nSPS) is 18.7. The number of hydrogen-bond acceptors (Lipinski definition) is 5. The number of nitrogens with zero attached hydrogens (tertiary/aromatic N) is 5. The SMILES string of the molecule is CCc1nnc(N(C)CC2CCCN2C)c(C#N)c1CC. The number of hydrogen-bond donors (Lipinski definition) is 0. The van der Waals surface area contributed by atoms with Gasteiger partial charge in [-0.3, -0.25) is 0 Å². The second-order valence-corrected chi connectivity index (χ2v) is 5.80. The molecule has 2 rings (SSSR count). The van der Waals surface area contributed by atoms with Gasteiger partial charge in [0.2, 0.25) is 0 Å². The Morgan fingerprint density at radius 2 is 2.10 bits per heavy atom. The van der Waals surface area contributed by atoms with Crippen LogP contribution in [0.1, 0.15) is 43.5 Å². The summed E-state index contributed by atoms with van der Waals surface area (Å²) in [5, 5.41) is 18.2. The molecule has 1 aliphatic rings. The summed E-state index contributed by atoms with van der Waals surface area (Å²) < 4.78 is 0. The van der Waals surface area contributed by atoms with Crippen LogP contribution >= 0.6 is 0 Å². The van der Waals surface area contributed by atoms with Crippen LogP contribution in [0.3, 0.4) is 0 Å². The quantitative estimate of drug-likeness (QED) is 0.829. The van der Waals surface area contributed by atoms with E-state index in [1.807, 2.05) is 7.05 Å². The standard InChI is InChI=1S/C16H25N5/c1-5-13-14(10-17)16(19-18-15(13)6-2)21(4)11-12-8-7-9-20(12)3/h12H,5-9,11H2,1-4H3. The Hall–Kier alpha value is -1.67. The van der Waals surface area contributed by atoms with E-state index in [9.17, 15) is 5.26 Å². The first kappa shape index (κ1) is 15.7. The van der Waals surface area contributed by atoms with Crippen LogP contribution in [-0.4, -0.2) is 48.3 Å². The van der Waals surface area contributed by atoms with Crippen molar-refractivity contribution in [2.45, 2.75) is 45.6 Å². The van der Waals surface area contributed by atoms with Crippen molar-refractivity contribution in [2.24, 2.45) is 0 Å². The maximum absolute atomic E-state index is 9.56. The Balaban J connectivity index is 2.28. The molecule has 114 valence electrons. The smallest absolute Gasteiger partial charge is 0.169 e. The lowest BCUT2D eigenvalue weighted by atomic mass is 10.0. The number of anilines is 1. The van der Waals surface area contributed by atoms with Crippen molar-refractivity contribution in [2.75, 3.05) is 32.1 Å². The van der Waals surface area contributed by atoms with Crippen LogP contribution in [-0.2, 0) is 12.8 Å². The van der Waals surface area contributed by atoms with Gasteiger partial charge in [-0.15, -0.1) is 5.10 Å². The second-order valence-electron chi connectivity index (χ2n) is 5.80. The molecule has 0 N–H and O–H groups in total. The fourth-order valence-corrected chi connectivity index (χ4v) is 3.16. The predicted octanol–water partition coefficient (Wildman–Crippen LogP) is 2.00. The molecule has 0 spiro atoms. The van der Waals surface area contributed by atoms with Gasteiger partial charge in [0, 0.05) is 19.6 Å². The second kappa shape index (κ2) is 6.86. The number of likely N-dealkylation sites (N-methyl/N-ethyl adjacent to an activating group) is 2. The highest BCUT2D eigenvalue weighted by Gasteiger charge is 2.24. The Morgan fingerprint density at radius 1 is 1.33 bits per heavy atom. The van der Waals surface area contributed by atoms with E-state index in [0.29, 0.717) is 11.6 Å². The summed E-state index contributed by atoms with van der Waals surface area (Å²) in [6.07, 6.45) is 4.11. The van der Waals surface area contributed by atoms with E-state index < -0.39 is 0 Å². The molecule has 1 aromatic rings. The third-order valence-electron chi connectivity index (χ3n) is 4.46. The van der Waals surface area contributed by atoms with Gasteiger partial charge in [-0.1, -0.05) is 13.8 Å². The van der Waals surface area contributed by atoms with Gasteiger partial charge in [-0.2, -0.15) is 10.4 Å². The average molecular weight is 287 g/mol. The highest BCUT2D eigenvalue weighted by molar-refractivity contribution is 5.57. The van der Waals surface area contributed by atoms with Crippen molar-refractivity contribution in [3.05, 3.63) is 16.8 Å². The van der Waals surface area contributed by atoms with Gasteiger partial charge in [0.1, 0.15) is 11.6 Å². The van der Waals surface area contributed by atoms with E-state index in [4.69, 9.17) is 0 Å². The van der Waals surface area contributed by atoms with E-state index in [1.165, 1.54) is 12.8 Å². The molecule has 1 aromatic heterocycles. The van der Waals surface area contributed by atoms with Crippen molar-refractivity contribution < 1.29 is 0 Å². The molecule has 1 unspecified atom stereocenters. The molecular formula is C16H25N5. The molecule has 1 aliphatic heterocycles. The molecule has 5 nitrogen and oxygen atoms in total. The summed E-state index contributed by atoms with van der Waals surface area (Å²) in [5.74, 6) is 0.729. The van der Waals surface area contributed by atoms with Crippen LogP contribution in [0.25, 0.3) is 0 Å². The van der Waals surface area contributed by atoms with Crippen molar-refractivity contribution in [3.8, 4) is 6.07 Å². The first-order valence-corrected chi connectivity index (χ1v) is 7.82. The topological polar surface area (TPSA) is 56.1 Å². The zero-order chi connectivity index (χ0) is 15.4. The first-order chi connectivity index (χ1) is 10.1. The van der Waals surface area contributed by atoms with E-state index in [2.05, 4.69) is 47.0 Å². The highest BCUT2D eigenvalue weighted by atomic mass is 15.3. The van der Waals surface area contributed by atoms with Crippen LogP contribution in [0.15, 0.2) is 0 Å². The Morgan fingerprint density at radius 3 is 2.62 bits per heavy atom. The minimum Gasteiger partial charge on any atom is -0.356 e. The van der Waals surface area contributed by atoms with Crippen molar-refractivity contribution in [1.29, 1.82) is 5.26 Å². The Bertz CT molecular complexity index is 534. The van der Waals surface area contributed by atoms with Crippen LogP contribution in [0, 0.1) is 11.3 Å². The number of aromatic nitrogens is 2. The van der Waals surface area contributed by atoms with E-state index in [-0.39, 0.29) is 0 Å². The lowest BCUT2D eigenvalue weighted by Crippen LogP contribution is -2.37. The third kappa shape index (κ3) is 3.16. The molecule has 0 aliphatic carbocycles. The lowest BCUT2D eigenvalue weighted by Gasteiger charge is -2.27. The van der Waals surface area contributed by atoms with Crippen molar-refractivity contribution in [3.63, 3.8) is 0 Å². The zero-order valence-electron chi connectivity index (χ0n) is 13.6. The number of likely N-dealkylation sites (tertiary alicyclic amines) is 1. The van der Waals surface area contributed by atoms with Crippen LogP contribution in [0.2, 0.25) is 0 Å². The maximum atomic E-state index is 9.56. The lowest BCUT2D eigenvalue weighted by molar-refractivity contribution is 0.314. The molecule has 1 fully saturated rings. The number of nitriles is 1. The minimum atomic E-state index is 0.541. The summed E-state index contributed by atoms with van der Waals surface area (Å²) in [5.41, 5.74) is 2.70. The van der Waals surface area contributed by atoms with Crippen LogP contribution in [0.5, 0.6) is 0 Å². The molecule has 0 radical (unpaired) electrons.